The van der Waals surface area contributed by atoms with Crippen molar-refractivity contribution in [1.29, 1.82) is 0 Å². The number of hydrogen-bond donors (Lipinski definition) is 2. The van der Waals surface area contributed by atoms with Gasteiger partial charge < -0.3 is 10.6 Å². The highest BCUT2D eigenvalue weighted by atomic mass is 127. The minimum absolute atomic E-state index is 0. The third-order valence-corrected chi connectivity index (χ3v) is 6.54. The van der Waals surface area contributed by atoms with Crippen LogP contribution in [0, 0.1) is 5.41 Å². The smallest absolute Gasteiger partial charge is 0.356 e. The van der Waals surface area contributed by atoms with Gasteiger partial charge in [0.15, 0.2) is 5.96 Å². The number of rotatable bonds is 6. The fourth-order valence-electron chi connectivity index (χ4n) is 3.31. The van der Waals surface area contributed by atoms with Gasteiger partial charge in [-0.25, -0.2) is 8.42 Å². The molecule has 1 aromatic carbocycles. The summed E-state index contributed by atoms with van der Waals surface area (Å²) in [6.07, 6.45) is 1.44. The molecule has 11 heteroatoms. The number of sulfonamides is 1. The van der Waals surface area contributed by atoms with E-state index in [9.17, 15) is 21.6 Å². The summed E-state index contributed by atoms with van der Waals surface area (Å²) < 4.78 is 61.5. The van der Waals surface area contributed by atoms with Crippen molar-refractivity contribution < 1.29 is 21.6 Å². The molecule has 1 fully saturated rings. The van der Waals surface area contributed by atoms with E-state index >= 15 is 0 Å². The van der Waals surface area contributed by atoms with Crippen LogP contribution < -0.4 is 10.6 Å². The van der Waals surface area contributed by atoms with Gasteiger partial charge in [-0.15, -0.1) is 24.0 Å². The molecule has 0 unspecified atom stereocenters. The fraction of sp³-hybridized carbons (Fsp3) is 0.632. The summed E-state index contributed by atoms with van der Waals surface area (Å²) in [4.78, 5) is 4.18. The molecule has 1 heterocycles. The first-order valence-electron chi connectivity index (χ1n) is 9.52. The summed E-state index contributed by atoms with van der Waals surface area (Å²) >= 11 is 0. The molecule has 1 aromatic rings. The summed E-state index contributed by atoms with van der Waals surface area (Å²) in [5.74, 6) is 0.559. The van der Waals surface area contributed by atoms with E-state index in [0.29, 0.717) is 16.8 Å². The van der Waals surface area contributed by atoms with E-state index in [0.717, 1.165) is 6.42 Å². The molecule has 2 N–H and O–H groups in total. The Morgan fingerprint density at radius 1 is 1.17 bits per heavy atom. The second kappa shape index (κ2) is 11.0. The molecule has 0 amide bonds. The fourth-order valence-corrected chi connectivity index (χ4v) is 4.29. The number of guanidine groups is 1. The third-order valence-electron chi connectivity index (χ3n) is 4.91. The van der Waals surface area contributed by atoms with Gasteiger partial charge in [-0.1, -0.05) is 44.2 Å². The van der Waals surface area contributed by atoms with Gasteiger partial charge in [0.25, 0.3) is 0 Å². The summed E-state index contributed by atoms with van der Waals surface area (Å²) in [5.41, 5.74) is -4.06. The van der Waals surface area contributed by atoms with Crippen molar-refractivity contribution in [3.63, 3.8) is 0 Å². The van der Waals surface area contributed by atoms with Crippen LogP contribution in [0.3, 0.4) is 0 Å². The second-order valence-electron chi connectivity index (χ2n) is 8.02. The minimum atomic E-state index is -5.26. The molecule has 0 radical (unpaired) electrons. The van der Waals surface area contributed by atoms with Gasteiger partial charge >= 0.3 is 15.5 Å². The second-order valence-corrected chi connectivity index (χ2v) is 9.95. The first kappa shape index (κ1) is 27.0. The molecule has 0 spiro atoms. The Balaban J connectivity index is 0.00000450. The van der Waals surface area contributed by atoms with Gasteiger partial charge in [-0.3, -0.25) is 4.99 Å². The number of aliphatic imine (C=N–C) groups is 1. The lowest BCUT2D eigenvalue weighted by Crippen LogP contribution is -2.52. The molecule has 0 atom stereocenters. The molecule has 0 aromatic heterocycles. The lowest BCUT2D eigenvalue weighted by Gasteiger charge is -2.33. The topological polar surface area (TPSA) is 73.8 Å². The highest BCUT2D eigenvalue weighted by Crippen LogP contribution is 2.29. The number of alkyl halides is 3. The molecule has 1 aliphatic heterocycles. The van der Waals surface area contributed by atoms with E-state index in [1.54, 1.807) is 7.05 Å². The predicted octanol–water partition coefficient (Wildman–Crippen LogP) is 3.35. The van der Waals surface area contributed by atoms with Crippen LogP contribution in [0.2, 0.25) is 0 Å². The maximum Gasteiger partial charge on any atom is 0.511 e. The number of benzene rings is 1. The largest absolute Gasteiger partial charge is 0.511 e. The van der Waals surface area contributed by atoms with Crippen LogP contribution in [0.1, 0.15) is 32.3 Å². The molecule has 0 saturated carbocycles. The van der Waals surface area contributed by atoms with Gasteiger partial charge in [0.1, 0.15) is 0 Å². The maximum absolute atomic E-state index is 12.7. The Morgan fingerprint density at radius 2 is 1.73 bits per heavy atom. The highest BCUT2D eigenvalue weighted by molar-refractivity contribution is 14.0. The average Bonchev–Trinajstić information content (AvgIpc) is 2.65. The van der Waals surface area contributed by atoms with Crippen molar-refractivity contribution in [2.75, 3.05) is 26.7 Å². The van der Waals surface area contributed by atoms with Crippen molar-refractivity contribution in [2.45, 2.75) is 44.7 Å². The van der Waals surface area contributed by atoms with Crippen molar-refractivity contribution >= 4 is 40.0 Å². The standard InChI is InChI=1S/C19H29F3N4O2S.HI/c1-18(2,13-15-7-5-4-6-8-15)14-24-17(23-3)25-16-9-11-26(12-10-16)29(27,28)19(20,21)22;/h4-8,16H,9-14H2,1-3H3,(H2,23,24,25);1H. The Bertz CT molecular complexity index is 794. The summed E-state index contributed by atoms with van der Waals surface area (Å²) in [7, 11) is -3.63. The van der Waals surface area contributed by atoms with Crippen LogP contribution in [0.25, 0.3) is 0 Å². The highest BCUT2D eigenvalue weighted by Gasteiger charge is 2.50. The molecule has 0 bridgehead atoms. The van der Waals surface area contributed by atoms with E-state index in [1.165, 1.54) is 5.56 Å². The zero-order valence-corrected chi connectivity index (χ0v) is 20.5. The van der Waals surface area contributed by atoms with E-state index in [4.69, 9.17) is 0 Å². The quantitative estimate of drug-likeness (QED) is 0.317. The molecular formula is C19H30F3IN4O2S. The van der Waals surface area contributed by atoms with E-state index in [-0.39, 0.29) is 61.4 Å². The van der Waals surface area contributed by atoms with Gasteiger partial charge in [-0.05, 0) is 30.2 Å². The maximum atomic E-state index is 12.7. The van der Waals surface area contributed by atoms with Crippen molar-refractivity contribution in [1.82, 2.24) is 14.9 Å². The van der Waals surface area contributed by atoms with Crippen molar-refractivity contribution in [3.8, 4) is 0 Å². The monoisotopic (exact) mass is 562 g/mol. The van der Waals surface area contributed by atoms with Crippen LogP contribution in [0.4, 0.5) is 13.2 Å². The number of hydrogen-bond acceptors (Lipinski definition) is 3. The van der Waals surface area contributed by atoms with E-state index < -0.39 is 15.5 Å². The zero-order chi connectivity index (χ0) is 21.7. The lowest BCUT2D eigenvalue weighted by molar-refractivity contribution is -0.0494. The summed E-state index contributed by atoms with van der Waals surface area (Å²) in [6.45, 7) is 4.59. The number of halogens is 4. The van der Waals surface area contributed by atoms with Gasteiger partial charge in [0, 0.05) is 32.7 Å². The third kappa shape index (κ3) is 7.56. The van der Waals surface area contributed by atoms with Crippen LogP contribution in [-0.2, 0) is 16.4 Å². The molecule has 1 aliphatic rings. The van der Waals surface area contributed by atoms with E-state index in [1.807, 2.05) is 18.2 Å². The molecule has 0 aliphatic carbocycles. The van der Waals surface area contributed by atoms with Crippen LogP contribution in [-0.4, -0.2) is 56.9 Å². The summed E-state index contributed by atoms with van der Waals surface area (Å²) in [6, 6.07) is 10.0. The van der Waals surface area contributed by atoms with Crippen LogP contribution >= 0.6 is 24.0 Å². The molecule has 30 heavy (non-hydrogen) atoms. The SMILES string of the molecule is CN=C(NCC(C)(C)Cc1ccccc1)NC1CCN(S(=O)(=O)C(F)(F)F)CC1.I. The van der Waals surface area contributed by atoms with Crippen molar-refractivity contribution in [2.24, 2.45) is 10.4 Å². The Labute approximate surface area is 193 Å². The Hall–Kier alpha value is -1.08. The van der Waals surface area contributed by atoms with Gasteiger partial charge in [0.05, 0.1) is 0 Å². The molecular weight excluding hydrogens is 532 g/mol. The van der Waals surface area contributed by atoms with E-state index in [2.05, 4.69) is 41.6 Å². The van der Waals surface area contributed by atoms with Gasteiger partial charge in [0.2, 0.25) is 0 Å². The molecule has 1 saturated heterocycles. The Kier molecular flexibility index (Phi) is 9.87. The van der Waals surface area contributed by atoms with Crippen LogP contribution in [0.15, 0.2) is 35.3 Å². The summed E-state index contributed by atoms with van der Waals surface area (Å²) in [5, 5.41) is 6.46. The number of piperidine rings is 1. The first-order chi connectivity index (χ1) is 13.4. The average molecular weight is 562 g/mol. The zero-order valence-electron chi connectivity index (χ0n) is 17.4. The van der Waals surface area contributed by atoms with Gasteiger partial charge in [-0.2, -0.15) is 17.5 Å². The Morgan fingerprint density at radius 3 is 2.23 bits per heavy atom. The first-order valence-corrected chi connectivity index (χ1v) is 11.0. The lowest BCUT2D eigenvalue weighted by atomic mass is 9.86. The molecule has 172 valence electrons. The predicted molar refractivity (Wildman–Crippen MR) is 123 cm³/mol. The normalized spacial score (nSPS) is 17.3. The number of nitrogens with one attached hydrogen (secondary N) is 2. The number of nitrogens with zero attached hydrogens (tertiary/aromatic N) is 2. The van der Waals surface area contributed by atoms with Crippen LogP contribution in [0.5, 0.6) is 0 Å². The van der Waals surface area contributed by atoms with Crippen molar-refractivity contribution in [3.05, 3.63) is 35.9 Å². The minimum Gasteiger partial charge on any atom is -0.356 e. The molecule has 6 nitrogen and oxygen atoms in total. The molecule has 2 rings (SSSR count).